The van der Waals surface area contributed by atoms with E-state index in [0.29, 0.717) is 15.6 Å². The number of carbonyl (C=O) groups excluding carboxylic acids is 2. The van der Waals surface area contributed by atoms with E-state index in [-0.39, 0.29) is 18.8 Å². The summed E-state index contributed by atoms with van der Waals surface area (Å²) >= 11 is 7.33. The SMILES string of the molecule is CCOC(=O)Cn1c(=NC(=O)c2cc(-c3ccccc3)on2)sc2cc(Cl)ccc21. The Morgan fingerprint density at radius 3 is 2.77 bits per heavy atom. The predicted molar refractivity (Wildman–Crippen MR) is 113 cm³/mol. The number of esters is 1. The lowest BCUT2D eigenvalue weighted by Gasteiger charge is -2.04. The maximum absolute atomic E-state index is 12.7. The van der Waals surface area contributed by atoms with Crippen LogP contribution in [-0.4, -0.2) is 28.2 Å². The molecule has 4 aromatic rings. The highest BCUT2D eigenvalue weighted by Crippen LogP contribution is 2.23. The number of benzene rings is 2. The van der Waals surface area contributed by atoms with E-state index in [1.165, 1.54) is 11.3 Å². The first-order valence-electron chi connectivity index (χ1n) is 9.11. The van der Waals surface area contributed by atoms with Crippen molar-refractivity contribution in [3.63, 3.8) is 0 Å². The Kier molecular flexibility index (Phi) is 5.78. The van der Waals surface area contributed by atoms with Gasteiger partial charge in [0.2, 0.25) is 0 Å². The molecule has 30 heavy (non-hydrogen) atoms. The van der Waals surface area contributed by atoms with E-state index >= 15 is 0 Å². The third-order valence-corrected chi connectivity index (χ3v) is 5.50. The first-order valence-corrected chi connectivity index (χ1v) is 10.3. The maximum atomic E-state index is 12.7. The van der Waals surface area contributed by atoms with Crippen molar-refractivity contribution >= 4 is 45.0 Å². The monoisotopic (exact) mass is 441 g/mol. The van der Waals surface area contributed by atoms with Gasteiger partial charge in [-0.3, -0.25) is 9.59 Å². The second kappa shape index (κ2) is 8.64. The van der Waals surface area contributed by atoms with Gasteiger partial charge >= 0.3 is 11.9 Å². The Morgan fingerprint density at radius 2 is 2.00 bits per heavy atom. The minimum absolute atomic E-state index is 0.0737. The first kappa shape index (κ1) is 20.1. The number of amides is 1. The van der Waals surface area contributed by atoms with Crippen LogP contribution >= 0.6 is 22.9 Å². The molecular weight excluding hydrogens is 426 g/mol. The molecule has 0 aliphatic rings. The van der Waals surface area contributed by atoms with Gasteiger partial charge in [-0.1, -0.05) is 58.4 Å². The van der Waals surface area contributed by atoms with E-state index in [2.05, 4.69) is 10.1 Å². The molecule has 0 radical (unpaired) electrons. The van der Waals surface area contributed by atoms with Crippen LogP contribution in [0.5, 0.6) is 0 Å². The van der Waals surface area contributed by atoms with E-state index in [9.17, 15) is 9.59 Å². The summed E-state index contributed by atoms with van der Waals surface area (Å²) in [4.78, 5) is 29.3. The van der Waals surface area contributed by atoms with Crippen molar-refractivity contribution in [2.75, 3.05) is 6.61 Å². The largest absolute Gasteiger partial charge is 0.465 e. The molecule has 9 heteroatoms. The fourth-order valence-corrected chi connectivity index (χ4v) is 4.18. The summed E-state index contributed by atoms with van der Waals surface area (Å²) in [5.41, 5.74) is 1.61. The van der Waals surface area contributed by atoms with Gasteiger partial charge in [-0.25, -0.2) is 0 Å². The molecule has 4 rings (SSSR count). The number of carbonyl (C=O) groups is 2. The van der Waals surface area contributed by atoms with Gasteiger partial charge < -0.3 is 13.8 Å². The molecule has 0 N–H and O–H groups in total. The summed E-state index contributed by atoms with van der Waals surface area (Å²) in [5.74, 6) is -0.526. The zero-order valence-electron chi connectivity index (χ0n) is 15.9. The molecule has 7 nitrogen and oxygen atoms in total. The van der Waals surface area contributed by atoms with E-state index in [1.807, 2.05) is 30.3 Å². The van der Waals surface area contributed by atoms with Crippen LogP contribution in [0.2, 0.25) is 5.02 Å². The molecule has 0 bridgehead atoms. The van der Waals surface area contributed by atoms with Gasteiger partial charge in [0.05, 0.1) is 16.8 Å². The van der Waals surface area contributed by atoms with E-state index in [0.717, 1.165) is 15.8 Å². The molecule has 0 fully saturated rings. The fraction of sp³-hybridized carbons (Fsp3) is 0.143. The summed E-state index contributed by atoms with van der Waals surface area (Å²) in [5, 5.41) is 4.39. The van der Waals surface area contributed by atoms with E-state index in [1.54, 1.807) is 35.8 Å². The average Bonchev–Trinajstić information content (AvgIpc) is 3.34. The lowest BCUT2D eigenvalue weighted by atomic mass is 10.1. The average molecular weight is 442 g/mol. The summed E-state index contributed by atoms with van der Waals surface area (Å²) in [6, 6.07) is 16.1. The molecule has 2 aromatic heterocycles. The number of rotatable bonds is 5. The Bertz CT molecular complexity index is 1290. The van der Waals surface area contributed by atoms with Crippen molar-refractivity contribution in [3.8, 4) is 11.3 Å². The smallest absolute Gasteiger partial charge is 0.326 e. The molecule has 2 heterocycles. The minimum Gasteiger partial charge on any atom is -0.465 e. The van der Waals surface area contributed by atoms with Gasteiger partial charge in [-0.2, -0.15) is 4.99 Å². The van der Waals surface area contributed by atoms with Gasteiger partial charge in [-0.05, 0) is 25.1 Å². The van der Waals surface area contributed by atoms with Gasteiger partial charge in [0.25, 0.3) is 0 Å². The van der Waals surface area contributed by atoms with Gasteiger partial charge in [-0.15, -0.1) is 0 Å². The van der Waals surface area contributed by atoms with E-state index < -0.39 is 11.9 Å². The molecule has 0 atom stereocenters. The number of halogens is 1. The number of hydrogen-bond donors (Lipinski definition) is 0. The molecule has 152 valence electrons. The standard InChI is InChI=1S/C21H16ClN3O4S/c1-2-28-19(26)12-25-16-9-8-14(22)10-18(16)30-21(25)23-20(27)15-11-17(29-24-15)13-6-4-3-5-7-13/h3-11H,2,12H2,1H3. The minimum atomic E-state index is -0.573. The predicted octanol–water partition coefficient (Wildman–Crippen LogP) is 4.32. The van der Waals surface area contributed by atoms with Gasteiger partial charge in [0.15, 0.2) is 16.3 Å². The van der Waals surface area contributed by atoms with Gasteiger partial charge in [0, 0.05) is 16.7 Å². The highest BCUT2D eigenvalue weighted by atomic mass is 35.5. The number of fused-ring (bicyclic) bond motifs is 1. The third-order valence-electron chi connectivity index (χ3n) is 4.22. The molecule has 2 aromatic carbocycles. The number of nitrogens with zero attached hydrogens (tertiary/aromatic N) is 3. The van der Waals surface area contributed by atoms with E-state index in [4.69, 9.17) is 20.9 Å². The molecule has 0 unspecified atom stereocenters. The van der Waals surface area contributed by atoms with Crippen LogP contribution in [0.15, 0.2) is 64.1 Å². The van der Waals surface area contributed by atoms with Crippen LogP contribution in [-0.2, 0) is 16.1 Å². The Hall–Kier alpha value is -3.23. The van der Waals surface area contributed by atoms with Crippen molar-refractivity contribution in [1.29, 1.82) is 0 Å². The number of hydrogen-bond acceptors (Lipinski definition) is 6. The third kappa shape index (κ3) is 4.19. The fourth-order valence-electron chi connectivity index (χ4n) is 2.88. The lowest BCUT2D eigenvalue weighted by Crippen LogP contribution is -2.23. The molecule has 0 saturated heterocycles. The van der Waals surface area contributed by atoms with Crippen molar-refractivity contribution in [1.82, 2.24) is 9.72 Å². The van der Waals surface area contributed by atoms with Crippen LogP contribution in [0.3, 0.4) is 0 Å². The van der Waals surface area contributed by atoms with Gasteiger partial charge in [0.1, 0.15) is 6.54 Å². The number of aromatic nitrogens is 2. The van der Waals surface area contributed by atoms with Crippen molar-refractivity contribution < 1.29 is 18.8 Å². The highest BCUT2D eigenvalue weighted by Gasteiger charge is 2.16. The second-order valence-corrected chi connectivity index (χ2v) is 7.69. The van der Waals surface area contributed by atoms with Crippen LogP contribution in [0, 0.1) is 0 Å². The van der Waals surface area contributed by atoms with Crippen LogP contribution in [0.1, 0.15) is 17.4 Å². The normalized spacial score (nSPS) is 11.7. The summed E-state index contributed by atoms with van der Waals surface area (Å²) in [6.07, 6.45) is 0. The van der Waals surface area contributed by atoms with Crippen molar-refractivity contribution in [2.24, 2.45) is 4.99 Å². The molecule has 0 aliphatic carbocycles. The van der Waals surface area contributed by atoms with Crippen LogP contribution in [0.25, 0.3) is 21.5 Å². The Morgan fingerprint density at radius 1 is 1.20 bits per heavy atom. The zero-order valence-corrected chi connectivity index (χ0v) is 17.4. The Labute approximate surface area is 180 Å². The second-order valence-electron chi connectivity index (χ2n) is 6.25. The number of thiazole rings is 1. The lowest BCUT2D eigenvalue weighted by molar-refractivity contribution is -0.143. The van der Waals surface area contributed by atoms with Crippen molar-refractivity contribution in [3.05, 3.63) is 70.1 Å². The van der Waals surface area contributed by atoms with Crippen molar-refractivity contribution in [2.45, 2.75) is 13.5 Å². The highest BCUT2D eigenvalue weighted by molar-refractivity contribution is 7.16. The summed E-state index contributed by atoms with van der Waals surface area (Å²) in [7, 11) is 0. The zero-order chi connectivity index (χ0) is 21.1. The topological polar surface area (TPSA) is 86.7 Å². The van der Waals surface area contributed by atoms with Crippen LogP contribution in [0.4, 0.5) is 0 Å². The molecule has 0 saturated carbocycles. The molecule has 0 aliphatic heterocycles. The molecule has 0 spiro atoms. The quantitative estimate of drug-likeness (QED) is 0.430. The summed E-state index contributed by atoms with van der Waals surface area (Å²) < 4.78 is 12.8. The number of ether oxygens (including phenoxy) is 1. The molecule has 1 amide bonds. The van der Waals surface area contributed by atoms with Crippen LogP contribution < -0.4 is 4.80 Å². The first-order chi connectivity index (χ1) is 14.5. The summed E-state index contributed by atoms with van der Waals surface area (Å²) in [6.45, 7) is 1.92. The molecular formula is C21H16ClN3O4S. The maximum Gasteiger partial charge on any atom is 0.326 e. The Balaban J connectivity index is 1.73.